The number of amides is 1. The first-order chi connectivity index (χ1) is 9.60. The standard InChI is InChI=1S/C15H19NO4/c1-10(2)16-14(17)5-4-11-8-12(18-3)15-13(9-11)19-6-7-20-15/h4-5,8-10H,6-7H2,1-3H3,(H,16,17)/b5-4+. The topological polar surface area (TPSA) is 56.8 Å². The van der Waals surface area contributed by atoms with E-state index >= 15 is 0 Å². The lowest BCUT2D eigenvalue weighted by Gasteiger charge is -2.20. The molecule has 0 saturated carbocycles. The highest BCUT2D eigenvalue weighted by molar-refractivity contribution is 5.92. The predicted octanol–water partition coefficient (Wildman–Crippen LogP) is 2.00. The third-order valence-corrected chi connectivity index (χ3v) is 2.71. The summed E-state index contributed by atoms with van der Waals surface area (Å²) in [5.74, 6) is 1.72. The van der Waals surface area contributed by atoms with Gasteiger partial charge < -0.3 is 19.5 Å². The maximum absolute atomic E-state index is 11.6. The molecule has 1 aromatic rings. The molecule has 0 spiro atoms. The highest BCUT2D eigenvalue weighted by Gasteiger charge is 2.17. The van der Waals surface area contributed by atoms with E-state index in [9.17, 15) is 4.79 Å². The van der Waals surface area contributed by atoms with Crippen molar-refractivity contribution in [2.75, 3.05) is 20.3 Å². The number of carbonyl (C=O) groups excluding carboxylic acids is 1. The van der Waals surface area contributed by atoms with Crippen molar-refractivity contribution in [1.29, 1.82) is 0 Å². The molecule has 108 valence electrons. The molecule has 20 heavy (non-hydrogen) atoms. The zero-order valence-corrected chi connectivity index (χ0v) is 11.9. The van der Waals surface area contributed by atoms with Gasteiger partial charge in [-0.15, -0.1) is 0 Å². The Morgan fingerprint density at radius 3 is 2.80 bits per heavy atom. The Morgan fingerprint density at radius 2 is 2.10 bits per heavy atom. The number of fused-ring (bicyclic) bond motifs is 1. The summed E-state index contributed by atoms with van der Waals surface area (Å²) in [6.45, 7) is 4.85. The molecule has 1 N–H and O–H groups in total. The molecule has 1 heterocycles. The van der Waals surface area contributed by atoms with Gasteiger partial charge in [0.25, 0.3) is 0 Å². The highest BCUT2D eigenvalue weighted by Crippen LogP contribution is 2.40. The minimum atomic E-state index is -0.131. The largest absolute Gasteiger partial charge is 0.493 e. The van der Waals surface area contributed by atoms with Crippen molar-refractivity contribution in [3.05, 3.63) is 23.8 Å². The molecule has 0 saturated heterocycles. The van der Waals surface area contributed by atoms with Crippen LogP contribution in [0.15, 0.2) is 18.2 Å². The molecule has 0 radical (unpaired) electrons. The Balaban J connectivity index is 2.20. The van der Waals surface area contributed by atoms with Gasteiger partial charge in [0.2, 0.25) is 11.7 Å². The van der Waals surface area contributed by atoms with Crippen LogP contribution in [0, 0.1) is 0 Å². The Kier molecular flexibility index (Phi) is 4.50. The van der Waals surface area contributed by atoms with Gasteiger partial charge in [-0.1, -0.05) is 0 Å². The Morgan fingerprint density at radius 1 is 1.35 bits per heavy atom. The van der Waals surface area contributed by atoms with Crippen LogP contribution >= 0.6 is 0 Å². The van der Waals surface area contributed by atoms with E-state index in [2.05, 4.69) is 5.32 Å². The van der Waals surface area contributed by atoms with Crippen LogP contribution in [0.2, 0.25) is 0 Å². The van der Waals surface area contributed by atoms with Crippen molar-refractivity contribution >= 4 is 12.0 Å². The molecule has 0 fully saturated rings. The maximum atomic E-state index is 11.6. The number of nitrogens with one attached hydrogen (secondary N) is 1. The average Bonchev–Trinajstić information content (AvgIpc) is 2.43. The lowest BCUT2D eigenvalue weighted by atomic mass is 10.1. The first-order valence-electron chi connectivity index (χ1n) is 6.56. The normalized spacial score (nSPS) is 13.6. The molecule has 0 aromatic heterocycles. The van der Waals surface area contributed by atoms with E-state index in [1.807, 2.05) is 26.0 Å². The second kappa shape index (κ2) is 6.32. The van der Waals surface area contributed by atoms with Gasteiger partial charge in [0.15, 0.2) is 11.5 Å². The van der Waals surface area contributed by atoms with Gasteiger partial charge in [-0.2, -0.15) is 0 Å². The summed E-state index contributed by atoms with van der Waals surface area (Å²) in [5, 5.41) is 2.79. The summed E-state index contributed by atoms with van der Waals surface area (Å²) >= 11 is 0. The third kappa shape index (κ3) is 3.44. The molecule has 2 rings (SSSR count). The summed E-state index contributed by atoms with van der Waals surface area (Å²) < 4.78 is 16.3. The minimum Gasteiger partial charge on any atom is -0.493 e. The van der Waals surface area contributed by atoms with Gasteiger partial charge in [-0.05, 0) is 37.6 Å². The maximum Gasteiger partial charge on any atom is 0.244 e. The van der Waals surface area contributed by atoms with Crippen molar-refractivity contribution in [2.24, 2.45) is 0 Å². The van der Waals surface area contributed by atoms with E-state index in [1.165, 1.54) is 6.08 Å². The summed E-state index contributed by atoms with van der Waals surface area (Å²) in [7, 11) is 1.58. The lowest BCUT2D eigenvalue weighted by molar-refractivity contribution is -0.116. The fourth-order valence-electron chi connectivity index (χ4n) is 1.89. The van der Waals surface area contributed by atoms with Crippen molar-refractivity contribution in [3.63, 3.8) is 0 Å². The van der Waals surface area contributed by atoms with Gasteiger partial charge in [-0.3, -0.25) is 4.79 Å². The fraction of sp³-hybridized carbons (Fsp3) is 0.400. The second-order valence-corrected chi connectivity index (χ2v) is 4.74. The summed E-state index contributed by atoms with van der Waals surface area (Å²) in [6, 6.07) is 3.75. The van der Waals surface area contributed by atoms with Gasteiger partial charge in [0.05, 0.1) is 7.11 Å². The smallest absolute Gasteiger partial charge is 0.244 e. The molecular weight excluding hydrogens is 258 g/mol. The molecule has 0 unspecified atom stereocenters. The quantitative estimate of drug-likeness (QED) is 0.855. The number of hydrogen-bond acceptors (Lipinski definition) is 4. The number of rotatable bonds is 4. The molecule has 0 aliphatic carbocycles. The van der Waals surface area contributed by atoms with E-state index in [0.29, 0.717) is 30.5 Å². The van der Waals surface area contributed by atoms with E-state index in [0.717, 1.165) is 5.56 Å². The Bertz CT molecular complexity index is 506. The zero-order valence-electron chi connectivity index (χ0n) is 11.9. The SMILES string of the molecule is COc1cc(/C=C/C(=O)NC(C)C)cc2c1OCCO2. The minimum absolute atomic E-state index is 0.113. The van der Waals surface area contributed by atoms with Gasteiger partial charge in [-0.25, -0.2) is 0 Å². The lowest BCUT2D eigenvalue weighted by Crippen LogP contribution is -2.28. The van der Waals surface area contributed by atoms with Crippen LogP contribution in [-0.4, -0.2) is 32.3 Å². The molecule has 5 nitrogen and oxygen atoms in total. The zero-order chi connectivity index (χ0) is 14.5. The highest BCUT2D eigenvalue weighted by atomic mass is 16.6. The molecule has 0 atom stereocenters. The van der Waals surface area contributed by atoms with Gasteiger partial charge in [0.1, 0.15) is 13.2 Å². The van der Waals surface area contributed by atoms with Crippen molar-refractivity contribution in [1.82, 2.24) is 5.32 Å². The first kappa shape index (κ1) is 14.2. The molecule has 1 aliphatic heterocycles. The van der Waals surface area contributed by atoms with Crippen molar-refractivity contribution in [3.8, 4) is 17.2 Å². The van der Waals surface area contributed by atoms with Crippen LogP contribution < -0.4 is 19.5 Å². The first-order valence-corrected chi connectivity index (χ1v) is 6.56. The van der Waals surface area contributed by atoms with Gasteiger partial charge >= 0.3 is 0 Å². The van der Waals surface area contributed by atoms with E-state index < -0.39 is 0 Å². The van der Waals surface area contributed by atoms with Gasteiger partial charge in [0, 0.05) is 12.1 Å². The van der Waals surface area contributed by atoms with E-state index in [-0.39, 0.29) is 11.9 Å². The van der Waals surface area contributed by atoms with Crippen LogP contribution in [0.4, 0.5) is 0 Å². The molecule has 1 amide bonds. The molecule has 1 aliphatic rings. The molecular formula is C15H19NO4. The van der Waals surface area contributed by atoms with Crippen LogP contribution in [0.25, 0.3) is 6.08 Å². The number of hydrogen-bond donors (Lipinski definition) is 1. The molecule has 1 aromatic carbocycles. The number of benzene rings is 1. The van der Waals surface area contributed by atoms with E-state index in [1.54, 1.807) is 13.2 Å². The Hall–Kier alpha value is -2.17. The van der Waals surface area contributed by atoms with Crippen LogP contribution in [-0.2, 0) is 4.79 Å². The number of methoxy groups -OCH3 is 1. The molecule has 0 bridgehead atoms. The second-order valence-electron chi connectivity index (χ2n) is 4.74. The predicted molar refractivity (Wildman–Crippen MR) is 76.3 cm³/mol. The summed E-state index contributed by atoms with van der Waals surface area (Å²) in [5.41, 5.74) is 0.824. The fourth-order valence-corrected chi connectivity index (χ4v) is 1.89. The van der Waals surface area contributed by atoms with Crippen molar-refractivity contribution in [2.45, 2.75) is 19.9 Å². The van der Waals surface area contributed by atoms with Crippen LogP contribution in [0.1, 0.15) is 19.4 Å². The summed E-state index contributed by atoms with van der Waals surface area (Å²) in [4.78, 5) is 11.6. The number of carbonyl (C=O) groups is 1. The Labute approximate surface area is 118 Å². The molecule has 5 heteroatoms. The van der Waals surface area contributed by atoms with Crippen molar-refractivity contribution < 1.29 is 19.0 Å². The third-order valence-electron chi connectivity index (χ3n) is 2.71. The average molecular weight is 277 g/mol. The summed E-state index contributed by atoms with van der Waals surface area (Å²) in [6.07, 6.45) is 3.21. The van der Waals surface area contributed by atoms with E-state index in [4.69, 9.17) is 14.2 Å². The van der Waals surface area contributed by atoms with Crippen LogP contribution in [0.3, 0.4) is 0 Å². The number of ether oxygens (including phenoxy) is 3. The van der Waals surface area contributed by atoms with Crippen LogP contribution in [0.5, 0.6) is 17.2 Å². The monoisotopic (exact) mass is 277 g/mol.